The molecule has 1 unspecified atom stereocenters. The van der Waals surface area contributed by atoms with Crippen LogP contribution in [0.15, 0.2) is 66.7 Å². The summed E-state index contributed by atoms with van der Waals surface area (Å²) in [4.78, 5) is 14.1. The zero-order chi connectivity index (χ0) is 22.2. The molecule has 0 bridgehead atoms. The normalized spacial score (nSPS) is 15.0. The molecule has 0 amide bonds. The summed E-state index contributed by atoms with van der Waals surface area (Å²) in [6.07, 6.45) is 0.957. The van der Waals surface area contributed by atoms with Crippen molar-refractivity contribution in [2.45, 2.75) is 19.4 Å². The molecule has 33 heavy (non-hydrogen) atoms. The van der Waals surface area contributed by atoms with E-state index in [4.69, 9.17) is 14.7 Å². The van der Waals surface area contributed by atoms with E-state index in [-0.39, 0.29) is 24.3 Å². The van der Waals surface area contributed by atoms with Crippen LogP contribution in [0.5, 0.6) is 5.75 Å². The van der Waals surface area contributed by atoms with Crippen LogP contribution in [0.1, 0.15) is 24.1 Å². The monoisotopic (exact) mass is 464 g/mol. The molecule has 4 aromatic rings. The molecule has 3 aromatic carbocycles. The van der Waals surface area contributed by atoms with Gasteiger partial charge in [0.05, 0.1) is 13.2 Å². The Bertz CT molecular complexity index is 1280. The van der Waals surface area contributed by atoms with Crippen LogP contribution in [0.2, 0.25) is 0 Å². The number of hydrogen-bond donors (Lipinski definition) is 0. The van der Waals surface area contributed by atoms with Crippen molar-refractivity contribution in [1.82, 2.24) is 9.97 Å². The maximum atomic E-state index is 13.5. The van der Waals surface area contributed by atoms with E-state index in [1.807, 2.05) is 30.1 Å². The Labute approximate surface area is 199 Å². The fourth-order valence-electron chi connectivity index (χ4n) is 4.47. The van der Waals surface area contributed by atoms with Crippen molar-refractivity contribution < 1.29 is 9.13 Å². The summed E-state index contributed by atoms with van der Waals surface area (Å²) < 4.78 is 19.1. The average Bonchev–Trinajstić information content (AvgIpc) is 2.83. The highest BCUT2D eigenvalue weighted by Crippen LogP contribution is 2.39. The van der Waals surface area contributed by atoms with E-state index in [9.17, 15) is 4.39 Å². The highest BCUT2D eigenvalue weighted by atomic mass is 35.5. The third-order valence-corrected chi connectivity index (χ3v) is 6.26. The summed E-state index contributed by atoms with van der Waals surface area (Å²) in [6, 6.07) is 21.0. The number of benzene rings is 3. The Hall–Kier alpha value is -3.38. The molecule has 0 spiro atoms. The number of rotatable bonds is 4. The van der Waals surface area contributed by atoms with Gasteiger partial charge < -0.3 is 14.5 Å². The minimum absolute atomic E-state index is 0. The number of methoxy groups -OCH3 is 1. The maximum Gasteiger partial charge on any atom is 0.232 e. The lowest BCUT2D eigenvalue weighted by molar-refractivity contribution is 0.419. The van der Waals surface area contributed by atoms with Crippen LogP contribution in [-0.4, -0.2) is 30.7 Å². The van der Waals surface area contributed by atoms with E-state index in [2.05, 4.69) is 36.1 Å². The van der Waals surface area contributed by atoms with Crippen LogP contribution in [0.4, 0.5) is 21.8 Å². The molecule has 1 aliphatic rings. The van der Waals surface area contributed by atoms with E-state index in [1.54, 1.807) is 19.2 Å². The minimum Gasteiger partial charge on any atom is -0.494 e. The number of hydrogen-bond acceptors (Lipinski definition) is 5. The summed E-state index contributed by atoms with van der Waals surface area (Å²) in [5, 5.41) is 0.951. The SMILES string of the molecule is COc1cccc2c(N3CCc4ccccc4C3C)nc(N(C)c3ccc(F)cc3)nc12.Cl. The number of halogens is 2. The molecular weight excluding hydrogens is 439 g/mol. The van der Waals surface area contributed by atoms with Gasteiger partial charge in [-0.3, -0.25) is 0 Å². The summed E-state index contributed by atoms with van der Waals surface area (Å²) in [7, 11) is 3.54. The van der Waals surface area contributed by atoms with Crippen molar-refractivity contribution >= 4 is 40.8 Å². The summed E-state index contributed by atoms with van der Waals surface area (Å²) in [5.41, 5.74) is 4.27. The Morgan fingerprint density at radius 3 is 2.52 bits per heavy atom. The lowest BCUT2D eigenvalue weighted by atomic mass is 9.93. The van der Waals surface area contributed by atoms with Crippen molar-refractivity contribution in [1.29, 1.82) is 0 Å². The lowest BCUT2D eigenvalue weighted by Gasteiger charge is -2.37. The Morgan fingerprint density at radius 1 is 1.00 bits per heavy atom. The van der Waals surface area contributed by atoms with Gasteiger partial charge in [0, 0.05) is 24.7 Å². The van der Waals surface area contributed by atoms with Crippen molar-refractivity contribution in [3.8, 4) is 5.75 Å². The highest BCUT2D eigenvalue weighted by molar-refractivity contribution is 5.95. The molecule has 0 fully saturated rings. The fourth-order valence-corrected chi connectivity index (χ4v) is 4.47. The molecule has 0 saturated carbocycles. The van der Waals surface area contributed by atoms with Gasteiger partial charge in [-0.2, -0.15) is 4.98 Å². The first-order valence-corrected chi connectivity index (χ1v) is 10.8. The number of nitrogens with zero attached hydrogens (tertiary/aromatic N) is 4. The largest absolute Gasteiger partial charge is 0.494 e. The van der Waals surface area contributed by atoms with Gasteiger partial charge in [-0.05, 0) is 60.9 Å². The lowest BCUT2D eigenvalue weighted by Crippen LogP contribution is -2.35. The first kappa shape index (κ1) is 22.8. The third-order valence-electron chi connectivity index (χ3n) is 6.26. The molecule has 5 rings (SSSR count). The number of ether oxygens (including phenoxy) is 1. The molecule has 0 N–H and O–H groups in total. The van der Waals surface area contributed by atoms with Crippen LogP contribution in [0, 0.1) is 5.82 Å². The topological polar surface area (TPSA) is 41.5 Å². The smallest absolute Gasteiger partial charge is 0.232 e. The fraction of sp³-hybridized carbons (Fsp3) is 0.231. The molecule has 0 aliphatic carbocycles. The molecule has 1 aliphatic heterocycles. The van der Waals surface area contributed by atoms with Gasteiger partial charge in [0.1, 0.15) is 22.9 Å². The van der Waals surface area contributed by atoms with Crippen LogP contribution in [-0.2, 0) is 6.42 Å². The van der Waals surface area contributed by atoms with Gasteiger partial charge in [0.2, 0.25) is 5.95 Å². The van der Waals surface area contributed by atoms with E-state index in [1.165, 1.54) is 23.3 Å². The predicted octanol–water partition coefficient (Wildman–Crippen LogP) is 6.09. The van der Waals surface area contributed by atoms with E-state index in [0.717, 1.165) is 35.4 Å². The molecule has 7 heteroatoms. The second-order valence-corrected chi connectivity index (χ2v) is 8.06. The minimum atomic E-state index is -0.273. The first-order chi connectivity index (χ1) is 15.6. The molecule has 2 heterocycles. The number of fused-ring (bicyclic) bond motifs is 2. The zero-order valence-electron chi connectivity index (χ0n) is 18.8. The number of anilines is 3. The third kappa shape index (κ3) is 4.07. The van der Waals surface area contributed by atoms with Gasteiger partial charge in [0.15, 0.2) is 0 Å². The van der Waals surface area contributed by atoms with Crippen molar-refractivity contribution in [3.63, 3.8) is 0 Å². The highest BCUT2D eigenvalue weighted by Gasteiger charge is 2.27. The van der Waals surface area contributed by atoms with E-state index in [0.29, 0.717) is 11.7 Å². The Kier molecular flexibility index (Phi) is 6.38. The molecular formula is C26H26ClFN4O. The van der Waals surface area contributed by atoms with Crippen molar-refractivity contribution in [2.24, 2.45) is 0 Å². The van der Waals surface area contributed by atoms with Gasteiger partial charge in [-0.1, -0.05) is 30.3 Å². The average molecular weight is 465 g/mol. The van der Waals surface area contributed by atoms with Crippen LogP contribution >= 0.6 is 12.4 Å². The van der Waals surface area contributed by atoms with Gasteiger partial charge in [-0.25, -0.2) is 9.37 Å². The van der Waals surface area contributed by atoms with Crippen molar-refractivity contribution in [2.75, 3.05) is 30.5 Å². The molecule has 170 valence electrons. The first-order valence-electron chi connectivity index (χ1n) is 10.8. The number of aromatic nitrogens is 2. The predicted molar refractivity (Wildman–Crippen MR) is 134 cm³/mol. The van der Waals surface area contributed by atoms with Crippen molar-refractivity contribution in [3.05, 3.63) is 83.7 Å². The van der Waals surface area contributed by atoms with Gasteiger partial charge >= 0.3 is 0 Å². The maximum absolute atomic E-state index is 13.5. The summed E-state index contributed by atoms with van der Waals surface area (Å²) in [5.74, 6) is 1.84. The zero-order valence-corrected chi connectivity index (χ0v) is 19.6. The molecule has 1 atom stereocenters. The molecule has 0 radical (unpaired) electrons. The molecule has 5 nitrogen and oxygen atoms in total. The second-order valence-electron chi connectivity index (χ2n) is 8.06. The quantitative estimate of drug-likeness (QED) is 0.365. The van der Waals surface area contributed by atoms with E-state index < -0.39 is 0 Å². The van der Waals surface area contributed by atoms with Crippen LogP contribution in [0.25, 0.3) is 10.9 Å². The van der Waals surface area contributed by atoms with Crippen LogP contribution < -0.4 is 14.5 Å². The van der Waals surface area contributed by atoms with Gasteiger partial charge in [0.25, 0.3) is 0 Å². The molecule has 1 aromatic heterocycles. The second kappa shape index (κ2) is 9.24. The number of para-hydroxylation sites is 1. The van der Waals surface area contributed by atoms with E-state index >= 15 is 0 Å². The van der Waals surface area contributed by atoms with Crippen LogP contribution in [0.3, 0.4) is 0 Å². The van der Waals surface area contributed by atoms with Gasteiger partial charge in [-0.15, -0.1) is 12.4 Å². The Morgan fingerprint density at radius 2 is 1.76 bits per heavy atom. The summed E-state index contributed by atoms with van der Waals surface area (Å²) in [6.45, 7) is 3.08. The standard InChI is InChI=1S/C26H25FN4O.ClH/c1-17-21-8-5-4-7-18(21)15-16-31(17)25-22-9-6-10-23(32-3)24(22)28-26(29-25)30(2)20-13-11-19(27)12-14-20;/h4-14,17H,15-16H2,1-3H3;1H. The summed E-state index contributed by atoms with van der Waals surface area (Å²) >= 11 is 0. The molecule has 0 saturated heterocycles. The Balaban J connectivity index is 0.00000259.